The van der Waals surface area contributed by atoms with Crippen molar-refractivity contribution in [2.45, 2.75) is 26.3 Å². The van der Waals surface area contributed by atoms with Crippen molar-refractivity contribution in [2.75, 3.05) is 11.1 Å². The smallest absolute Gasteiger partial charge is 0.354 e. The van der Waals surface area contributed by atoms with E-state index in [9.17, 15) is 4.79 Å². The minimum Gasteiger partial charge on any atom is -0.477 e. The molecule has 110 valence electrons. The highest BCUT2D eigenvalue weighted by Crippen LogP contribution is 2.18. The second-order valence-electron chi connectivity index (χ2n) is 5.19. The summed E-state index contributed by atoms with van der Waals surface area (Å²) in [6, 6.07) is 11.2. The van der Waals surface area contributed by atoms with Crippen LogP contribution in [0.25, 0.3) is 0 Å². The number of carboxylic acid groups (broad SMARTS) is 1. The van der Waals surface area contributed by atoms with Gasteiger partial charge in [0.05, 0.1) is 5.69 Å². The molecule has 0 aliphatic rings. The van der Waals surface area contributed by atoms with E-state index in [1.807, 2.05) is 12.1 Å². The minimum atomic E-state index is -1.07. The predicted octanol–water partition coefficient (Wildman–Crippen LogP) is 3.10. The van der Waals surface area contributed by atoms with Gasteiger partial charge in [0.1, 0.15) is 5.82 Å². The normalized spacial score (nSPS) is 10.6. The summed E-state index contributed by atoms with van der Waals surface area (Å²) >= 11 is 0. The van der Waals surface area contributed by atoms with Crippen molar-refractivity contribution in [3.63, 3.8) is 0 Å². The molecule has 1 heterocycles. The van der Waals surface area contributed by atoms with Crippen LogP contribution in [0.15, 0.2) is 36.4 Å². The van der Waals surface area contributed by atoms with Crippen LogP contribution in [0.4, 0.5) is 11.5 Å². The minimum absolute atomic E-state index is 0.0261. The summed E-state index contributed by atoms with van der Waals surface area (Å²) in [6.07, 6.45) is 0. The van der Waals surface area contributed by atoms with Crippen molar-refractivity contribution < 1.29 is 9.90 Å². The van der Waals surface area contributed by atoms with Gasteiger partial charge in [0, 0.05) is 6.54 Å². The van der Waals surface area contributed by atoms with Gasteiger partial charge in [0.25, 0.3) is 0 Å². The summed E-state index contributed by atoms with van der Waals surface area (Å²) in [5.74, 6) is -0.182. The zero-order valence-corrected chi connectivity index (χ0v) is 12.1. The number of hydrogen-bond acceptors (Lipinski definition) is 4. The summed E-state index contributed by atoms with van der Waals surface area (Å²) in [6.45, 7) is 4.84. The molecule has 0 aliphatic carbocycles. The first kappa shape index (κ1) is 14.8. The third-order valence-corrected chi connectivity index (χ3v) is 3.25. The molecule has 2 rings (SSSR count). The van der Waals surface area contributed by atoms with E-state index >= 15 is 0 Å². The lowest BCUT2D eigenvalue weighted by atomic mass is 10.0. The number of hydrogen-bond donors (Lipinski definition) is 3. The first-order chi connectivity index (χ1) is 9.97. The second kappa shape index (κ2) is 6.26. The number of aromatic carboxylic acids is 1. The molecule has 0 fully saturated rings. The van der Waals surface area contributed by atoms with Crippen LogP contribution in [0, 0.1) is 0 Å². The third kappa shape index (κ3) is 3.72. The van der Waals surface area contributed by atoms with Crippen LogP contribution >= 0.6 is 0 Å². The SMILES string of the molecule is CC(C)c1ccc(CNc2nc(C(=O)O)ccc2N)cc1. The van der Waals surface area contributed by atoms with Crippen molar-refractivity contribution in [2.24, 2.45) is 0 Å². The zero-order chi connectivity index (χ0) is 15.4. The Morgan fingerprint density at radius 1 is 1.24 bits per heavy atom. The molecule has 0 spiro atoms. The van der Waals surface area contributed by atoms with Crippen molar-refractivity contribution in [1.29, 1.82) is 0 Å². The van der Waals surface area contributed by atoms with Gasteiger partial charge in [0.15, 0.2) is 5.69 Å². The molecule has 0 atom stereocenters. The van der Waals surface area contributed by atoms with E-state index in [-0.39, 0.29) is 5.69 Å². The first-order valence-corrected chi connectivity index (χ1v) is 6.80. The number of nitrogens with two attached hydrogens (primary N) is 1. The average molecular weight is 285 g/mol. The highest BCUT2D eigenvalue weighted by atomic mass is 16.4. The Morgan fingerprint density at radius 2 is 1.90 bits per heavy atom. The summed E-state index contributed by atoms with van der Waals surface area (Å²) in [7, 11) is 0. The van der Waals surface area contributed by atoms with Crippen molar-refractivity contribution in [3.05, 3.63) is 53.2 Å². The molecule has 0 saturated heterocycles. The molecule has 4 N–H and O–H groups in total. The molecule has 0 amide bonds. The Labute approximate surface area is 123 Å². The fourth-order valence-corrected chi connectivity index (χ4v) is 1.94. The van der Waals surface area contributed by atoms with E-state index in [1.54, 1.807) is 6.07 Å². The average Bonchev–Trinajstić information content (AvgIpc) is 2.46. The fourth-order valence-electron chi connectivity index (χ4n) is 1.94. The maximum absolute atomic E-state index is 10.9. The van der Waals surface area contributed by atoms with E-state index in [2.05, 4.69) is 36.3 Å². The molecule has 1 aromatic heterocycles. The van der Waals surface area contributed by atoms with Gasteiger partial charge < -0.3 is 16.2 Å². The van der Waals surface area contributed by atoms with Crippen molar-refractivity contribution >= 4 is 17.5 Å². The second-order valence-corrected chi connectivity index (χ2v) is 5.19. The van der Waals surface area contributed by atoms with E-state index in [0.29, 0.717) is 24.0 Å². The van der Waals surface area contributed by atoms with E-state index < -0.39 is 5.97 Å². The van der Waals surface area contributed by atoms with Crippen LogP contribution in [0.5, 0.6) is 0 Å². The number of carboxylic acids is 1. The van der Waals surface area contributed by atoms with Crippen LogP contribution in [0.1, 0.15) is 41.4 Å². The van der Waals surface area contributed by atoms with Crippen molar-refractivity contribution in [1.82, 2.24) is 4.98 Å². The largest absolute Gasteiger partial charge is 0.477 e. The lowest BCUT2D eigenvalue weighted by Gasteiger charge is -2.10. The molecule has 0 saturated carbocycles. The van der Waals surface area contributed by atoms with Gasteiger partial charge >= 0.3 is 5.97 Å². The Kier molecular flexibility index (Phi) is 4.42. The number of nitrogens with zero attached hydrogens (tertiary/aromatic N) is 1. The lowest BCUT2D eigenvalue weighted by molar-refractivity contribution is 0.0690. The highest BCUT2D eigenvalue weighted by molar-refractivity contribution is 5.86. The molecule has 0 aliphatic heterocycles. The predicted molar refractivity (Wildman–Crippen MR) is 83.5 cm³/mol. The number of pyridine rings is 1. The number of nitrogens with one attached hydrogen (secondary N) is 1. The maximum atomic E-state index is 10.9. The Balaban J connectivity index is 2.09. The Morgan fingerprint density at radius 3 is 2.48 bits per heavy atom. The molecular weight excluding hydrogens is 266 g/mol. The van der Waals surface area contributed by atoms with Gasteiger partial charge in [-0.1, -0.05) is 38.1 Å². The van der Waals surface area contributed by atoms with Crippen LogP contribution in [0.3, 0.4) is 0 Å². The quantitative estimate of drug-likeness (QED) is 0.785. The van der Waals surface area contributed by atoms with E-state index in [0.717, 1.165) is 5.56 Å². The molecule has 5 nitrogen and oxygen atoms in total. The van der Waals surface area contributed by atoms with Gasteiger partial charge in [-0.25, -0.2) is 9.78 Å². The summed E-state index contributed by atoms with van der Waals surface area (Å²) in [5.41, 5.74) is 8.57. The van der Waals surface area contributed by atoms with Gasteiger partial charge in [-0.3, -0.25) is 0 Å². The van der Waals surface area contributed by atoms with Crippen LogP contribution in [-0.2, 0) is 6.54 Å². The highest BCUT2D eigenvalue weighted by Gasteiger charge is 2.08. The number of rotatable bonds is 5. The standard InChI is InChI=1S/C16H19N3O2/c1-10(2)12-5-3-11(4-6-12)9-18-15-13(17)7-8-14(19-15)16(20)21/h3-8,10H,9,17H2,1-2H3,(H,18,19)(H,20,21). The molecule has 2 aromatic rings. The summed E-state index contributed by atoms with van der Waals surface area (Å²) in [5, 5.41) is 12.0. The zero-order valence-electron chi connectivity index (χ0n) is 12.1. The molecule has 21 heavy (non-hydrogen) atoms. The summed E-state index contributed by atoms with van der Waals surface area (Å²) < 4.78 is 0. The van der Waals surface area contributed by atoms with Crippen LogP contribution in [0.2, 0.25) is 0 Å². The van der Waals surface area contributed by atoms with Crippen LogP contribution in [-0.4, -0.2) is 16.1 Å². The van der Waals surface area contributed by atoms with Gasteiger partial charge in [-0.05, 0) is 29.2 Å². The van der Waals surface area contributed by atoms with Gasteiger partial charge in [0.2, 0.25) is 0 Å². The lowest BCUT2D eigenvalue weighted by Crippen LogP contribution is -2.08. The Bertz CT molecular complexity index is 636. The first-order valence-electron chi connectivity index (χ1n) is 6.80. The number of carbonyl (C=O) groups is 1. The summed E-state index contributed by atoms with van der Waals surface area (Å²) in [4.78, 5) is 14.9. The third-order valence-electron chi connectivity index (χ3n) is 3.25. The van der Waals surface area contributed by atoms with Gasteiger partial charge in [-0.15, -0.1) is 0 Å². The topological polar surface area (TPSA) is 88.2 Å². The molecular formula is C16H19N3O2. The molecule has 5 heteroatoms. The maximum Gasteiger partial charge on any atom is 0.354 e. The van der Waals surface area contributed by atoms with Crippen molar-refractivity contribution in [3.8, 4) is 0 Å². The van der Waals surface area contributed by atoms with Gasteiger partial charge in [-0.2, -0.15) is 0 Å². The molecule has 0 bridgehead atoms. The number of nitrogen functional groups attached to an aromatic ring is 1. The molecule has 0 unspecified atom stereocenters. The number of anilines is 2. The molecule has 1 aromatic carbocycles. The Hall–Kier alpha value is -2.56. The van der Waals surface area contributed by atoms with E-state index in [1.165, 1.54) is 11.6 Å². The van der Waals surface area contributed by atoms with E-state index in [4.69, 9.17) is 10.8 Å². The fraction of sp³-hybridized carbons (Fsp3) is 0.250. The van der Waals surface area contributed by atoms with Crippen LogP contribution < -0.4 is 11.1 Å². The monoisotopic (exact) mass is 285 g/mol. The number of benzene rings is 1. The number of aromatic nitrogens is 1. The molecule has 0 radical (unpaired) electrons.